The molecule has 1 aromatic carbocycles. The van der Waals surface area contributed by atoms with E-state index in [4.69, 9.17) is 5.73 Å². The third-order valence-corrected chi connectivity index (χ3v) is 4.32. The van der Waals surface area contributed by atoms with Gasteiger partial charge in [0.1, 0.15) is 11.4 Å². The number of fused-ring (bicyclic) bond motifs is 1. The molecule has 7 nitrogen and oxygen atoms in total. The molecule has 0 unspecified atom stereocenters. The lowest BCUT2D eigenvalue weighted by Crippen LogP contribution is -2.03. The first-order chi connectivity index (χ1) is 12.2. The van der Waals surface area contributed by atoms with E-state index >= 15 is 0 Å². The first-order valence-corrected chi connectivity index (χ1v) is 8.48. The third-order valence-electron chi connectivity index (χ3n) is 4.32. The minimum absolute atomic E-state index is 0.351. The number of nitrogens with zero attached hydrogens (tertiary/aromatic N) is 3. The second-order valence-corrected chi connectivity index (χ2v) is 6.31. The van der Waals surface area contributed by atoms with Crippen LogP contribution in [0.1, 0.15) is 24.1 Å². The molecule has 0 aliphatic carbocycles. The number of benzene rings is 1. The minimum Gasteiger partial charge on any atom is -0.385 e. The molecule has 0 saturated heterocycles. The highest BCUT2D eigenvalue weighted by Gasteiger charge is 2.11. The molecule has 5 N–H and O–H groups in total. The van der Waals surface area contributed by atoms with Gasteiger partial charge in [-0.25, -0.2) is 9.97 Å². The molecule has 0 radical (unpaired) electrons. The van der Waals surface area contributed by atoms with Crippen molar-refractivity contribution >= 4 is 23.0 Å². The Hall–Kier alpha value is -3.09. The van der Waals surface area contributed by atoms with Crippen LogP contribution in [-0.2, 0) is 6.42 Å². The van der Waals surface area contributed by atoms with Crippen LogP contribution in [0.4, 0.5) is 23.0 Å². The van der Waals surface area contributed by atoms with Gasteiger partial charge in [-0.1, -0.05) is 6.07 Å². The van der Waals surface area contributed by atoms with Crippen LogP contribution in [0.3, 0.4) is 0 Å². The standard InChI is InChI=1S/C18H21N7/c1-11-8-15(25-24-11)17-18(19)23-16(10-21-17)22-13-6-5-12-4-2-3-7-20-14(12)9-13/h5-6,8-10,20H,2-4,7H2,1H3,(H,24,25)(H3,19,22,23). The van der Waals surface area contributed by atoms with Crippen LogP contribution >= 0.6 is 0 Å². The van der Waals surface area contributed by atoms with Gasteiger partial charge < -0.3 is 16.4 Å². The SMILES string of the molecule is Cc1cc(-c2ncc(Nc3ccc4c(c3)NCCCC4)nc2N)n[nH]1. The zero-order valence-corrected chi connectivity index (χ0v) is 14.1. The van der Waals surface area contributed by atoms with Crippen LogP contribution in [-0.4, -0.2) is 26.7 Å². The molecule has 0 spiro atoms. The number of rotatable bonds is 3. The molecule has 7 heteroatoms. The molecule has 3 aromatic rings. The highest BCUT2D eigenvalue weighted by atomic mass is 15.1. The van der Waals surface area contributed by atoms with Gasteiger partial charge in [0.2, 0.25) is 0 Å². The summed E-state index contributed by atoms with van der Waals surface area (Å²) in [7, 11) is 0. The lowest BCUT2D eigenvalue weighted by molar-refractivity contribution is 0.785. The van der Waals surface area contributed by atoms with E-state index in [1.807, 2.05) is 13.0 Å². The molecule has 0 fully saturated rings. The van der Waals surface area contributed by atoms with Gasteiger partial charge in [0.15, 0.2) is 11.6 Å². The number of hydrogen-bond donors (Lipinski definition) is 4. The van der Waals surface area contributed by atoms with E-state index < -0.39 is 0 Å². The lowest BCUT2D eigenvalue weighted by Gasteiger charge is -2.12. The van der Waals surface area contributed by atoms with Crippen molar-refractivity contribution in [3.05, 3.63) is 41.7 Å². The summed E-state index contributed by atoms with van der Waals surface area (Å²) >= 11 is 0. The van der Waals surface area contributed by atoms with Crippen LogP contribution in [0.5, 0.6) is 0 Å². The number of nitrogens with two attached hydrogens (primary N) is 1. The van der Waals surface area contributed by atoms with Crippen LogP contribution in [0.25, 0.3) is 11.4 Å². The molecular weight excluding hydrogens is 314 g/mol. The molecule has 0 atom stereocenters. The summed E-state index contributed by atoms with van der Waals surface area (Å²) in [4.78, 5) is 8.83. The fraction of sp³-hybridized carbons (Fsp3) is 0.278. The van der Waals surface area contributed by atoms with Crippen LogP contribution in [0.2, 0.25) is 0 Å². The topological polar surface area (TPSA) is 105 Å². The second kappa shape index (κ2) is 6.43. The van der Waals surface area contributed by atoms with E-state index in [1.165, 1.54) is 24.1 Å². The Kier molecular flexibility index (Phi) is 3.97. The van der Waals surface area contributed by atoms with E-state index in [0.29, 0.717) is 23.0 Å². The minimum atomic E-state index is 0.351. The molecule has 0 bridgehead atoms. The van der Waals surface area contributed by atoms with Gasteiger partial charge in [-0.2, -0.15) is 5.10 Å². The first kappa shape index (κ1) is 15.4. The maximum Gasteiger partial charge on any atom is 0.154 e. The zero-order valence-electron chi connectivity index (χ0n) is 14.1. The molecule has 2 aromatic heterocycles. The van der Waals surface area contributed by atoms with Gasteiger partial charge in [0.05, 0.1) is 6.20 Å². The van der Waals surface area contributed by atoms with Crippen molar-refractivity contribution in [3.63, 3.8) is 0 Å². The lowest BCUT2D eigenvalue weighted by atomic mass is 10.1. The van der Waals surface area contributed by atoms with Crippen molar-refractivity contribution in [2.24, 2.45) is 0 Å². The summed E-state index contributed by atoms with van der Waals surface area (Å²) in [5.74, 6) is 0.964. The molecular formula is C18H21N7. The Morgan fingerprint density at radius 2 is 2.12 bits per heavy atom. The molecule has 3 heterocycles. The second-order valence-electron chi connectivity index (χ2n) is 6.31. The summed E-state index contributed by atoms with van der Waals surface area (Å²) in [6.07, 6.45) is 5.22. The molecule has 4 rings (SSSR count). The Bertz CT molecular complexity index is 900. The zero-order chi connectivity index (χ0) is 17.2. The number of hydrogen-bond acceptors (Lipinski definition) is 6. The van der Waals surface area contributed by atoms with E-state index in [-0.39, 0.29) is 0 Å². The van der Waals surface area contributed by atoms with Crippen molar-refractivity contribution in [3.8, 4) is 11.4 Å². The average Bonchev–Trinajstić information content (AvgIpc) is 2.89. The number of aromatic nitrogens is 4. The largest absolute Gasteiger partial charge is 0.385 e. The van der Waals surface area contributed by atoms with E-state index in [9.17, 15) is 0 Å². The van der Waals surface area contributed by atoms with Gasteiger partial charge in [-0.05, 0) is 49.9 Å². The normalized spacial score (nSPS) is 13.6. The van der Waals surface area contributed by atoms with Crippen molar-refractivity contribution in [2.45, 2.75) is 26.2 Å². The Morgan fingerprint density at radius 3 is 2.92 bits per heavy atom. The van der Waals surface area contributed by atoms with E-state index in [1.54, 1.807) is 6.20 Å². The smallest absolute Gasteiger partial charge is 0.154 e. The Labute approximate surface area is 146 Å². The van der Waals surface area contributed by atoms with Crippen molar-refractivity contribution in [1.82, 2.24) is 20.2 Å². The van der Waals surface area contributed by atoms with E-state index in [0.717, 1.165) is 24.3 Å². The predicted molar refractivity (Wildman–Crippen MR) is 99.9 cm³/mol. The van der Waals surface area contributed by atoms with Gasteiger partial charge in [0, 0.05) is 23.6 Å². The van der Waals surface area contributed by atoms with Crippen LogP contribution in [0.15, 0.2) is 30.5 Å². The highest BCUT2D eigenvalue weighted by Crippen LogP contribution is 2.27. The summed E-state index contributed by atoms with van der Waals surface area (Å²) in [6, 6.07) is 8.23. The summed E-state index contributed by atoms with van der Waals surface area (Å²) < 4.78 is 0. The number of H-pyrrole nitrogens is 1. The average molecular weight is 335 g/mol. The number of nitrogens with one attached hydrogen (secondary N) is 3. The maximum absolute atomic E-state index is 6.07. The summed E-state index contributed by atoms with van der Waals surface area (Å²) in [5, 5.41) is 13.8. The summed E-state index contributed by atoms with van der Waals surface area (Å²) in [6.45, 7) is 2.95. The molecule has 128 valence electrons. The van der Waals surface area contributed by atoms with E-state index in [2.05, 4.69) is 49.0 Å². The third kappa shape index (κ3) is 3.26. The Morgan fingerprint density at radius 1 is 1.20 bits per heavy atom. The maximum atomic E-state index is 6.07. The van der Waals surface area contributed by atoms with Crippen LogP contribution in [0, 0.1) is 6.92 Å². The van der Waals surface area contributed by atoms with Gasteiger partial charge in [-0.15, -0.1) is 0 Å². The van der Waals surface area contributed by atoms with Gasteiger partial charge >= 0.3 is 0 Å². The van der Waals surface area contributed by atoms with Crippen LogP contribution < -0.4 is 16.4 Å². The number of aromatic amines is 1. The molecule has 25 heavy (non-hydrogen) atoms. The summed E-state index contributed by atoms with van der Waals surface area (Å²) in [5.41, 5.74) is 11.8. The molecule has 0 amide bonds. The van der Waals surface area contributed by atoms with Gasteiger partial charge in [0.25, 0.3) is 0 Å². The Balaban J connectivity index is 1.57. The van der Waals surface area contributed by atoms with Crippen molar-refractivity contribution < 1.29 is 0 Å². The number of nitrogen functional groups attached to an aromatic ring is 1. The highest BCUT2D eigenvalue weighted by molar-refractivity contribution is 5.70. The monoisotopic (exact) mass is 335 g/mol. The molecule has 1 aliphatic rings. The van der Waals surface area contributed by atoms with Crippen molar-refractivity contribution in [1.29, 1.82) is 0 Å². The number of aryl methyl sites for hydroxylation is 2. The number of anilines is 4. The quantitative estimate of drug-likeness (QED) is 0.586. The predicted octanol–water partition coefficient (Wildman–Crippen LogP) is 3.25. The molecule has 1 aliphatic heterocycles. The van der Waals surface area contributed by atoms with Crippen molar-refractivity contribution in [2.75, 3.05) is 22.9 Å². The fourth-order valence-electron chi connectivity index (χ4n) is 3.05. The first-order valence-electron chi connectivity index (χ1n) is 8.48. The van der Waals surface area contributed by atoms with Gasteiger partial charge in [-0.3, -0.25) is 5.10 Å². The fourth-order valence-corrected chi connectivity index (χ4v) is 3.05. The molecule has 0 saturated carbocycles.